The fraction of sp³-hybridized carbons (Fsp3) is 0.524. The number of amides is 2. The first-order valence-corrected chi connectivity index (χ1v) is 10.9. The van der Waals surface area contributed by atoms with Crippen LogP contribution in [0.25, 0.3) is 0 Å². The molecule has 1 saturated heterocycles. The second kappa shape index (κ2) is 9.89. The van der Waals surface area contributed by atoms with Crippen LogP contribution < -0.4 is 5.32 Å². The summed E-state index contributed by atoms with van der Waals surface area (Å²) in [4.78, 5) is 30.6. The molecule has 0 aromatic carbocycles. The Morgan fingerprint density at radius 2 is 2.14 bits per heavy atom. The zero-order valence-electron chi connectivity index (χ0n) is 16.6. The highest BCUT2D eigenvalue weighted by Crippen LogP contribution is 2.22. The molecule has 0 saturated carbocycles. The number of likely N-dealkylation sites (tertiary alicyclic amines) is 1. The number of nitrogens with zero attached hydrogens (tertiary/aromatic N) is 2. The van der Waals surface area contributed by atoms with Crippen LogP contribution in [0.4, 0.5) is 0 Å². The largest absolute Gasteiger partial charge is 0.468 e. The first kappa shape index (κ1) is 20.6. The average molecular weight is 404 g/mol. The normalized spacial score (nSPS) is 17.8. The lowest BCUT2D eigenvalue weighted by atomic mass is 10.1. The van der Waals surface area contributed by atoms with Crippen molar-refractivity contribution in [1.29, 1.82) is 0 Å². The predicted octanol–water partition coefficient (Wildman–Crippen LogP) is 3.07. The maximum absolute atomic E-state index is 12.9. The highest BCUT2D eigenvalue weighted by atomic mass is 32.1. The molecule has 1 fully saturated rings. The first-order chi connectivity index (χ1) is 13.6. The van der Waals surface area contributed by atoms with Crippen LogP contribution in [0.1, 0.15) is 43.4 Å². The van der Waals surface area contributed by atoms with E-state index in [1.807, 2.05) is 29.6 Å². The van der Waals surface area contributed by atoms with Crippen molar-refractivity contribution >= 4 is 23.2 Å². The van der Waals surface area contributed by atoms with Crippen molar-refractivity contribution in [3.63, 3.8) is 0 Å². The van der Waals surface area contributed by atoms with Crippen molar-refractivity contribution in [3.8, 4) is 0 Å². The van der Waals surface area contributed by atoms with Gasteiger partial charge in [0.2, 0.25) is 11.8 Å². The van der Waals surface area contributed by atoms with Gasteiger partial charge in [0.1, 0.15) is 11.8 Å². The van der Waals surface area contributed by atoms with E-state index >= 15 is 0 Å². The van der Waals surface area contributed by atoms with Gasteiger partial charge in [0.05, 0.1) is 18.7 Å². The number of thiophene rings is 1. The van der Waals surface area contributed by atoms with Crippen molar-refractivity contribution in [1.82, 2.24) is 15.1 Å². The van der Waals surface area contributed by atoms with E-state index in [1.165, 1.54) is 0 Å². The molecule has 2 aromatic heterocycles. The summed E-state index contributed by atoms with van der Waals surface area (Å²) in [6.07, 6.45) is 3.62. The van der Waals surface area contributed by atoms with Crippen molar-refractivity contribution in [2.45, 2.75) is 45.2 Å². The van der Waals surface area contributed by atoms with Crippen LogP contribution in [0.3, 0.4) is 0 Å². The Bertz CT molecular complexity index is 741. The predicted molar refractivity (Wildman–Crippen MR) is 110 cm³/mol. The summed E-state index contributed by atoms with van der Waals surface area (Å²) in [5.74, 6) is 0.813. The molecule has 1 aliphatic rings. The van der Waals surface area contributed by atoms with Gasteiger partial charge in [0, 0.05) is 18.0 Å². The van der Waals surface area contributed by atoms with E-state index in [2.05, 4.69) is 24.1 Å². The molecule has 6 nitrogen and oxygen atoms in total. The van der Waals surface area contributed by atoms with E-state index in [1.54, 1.807) is 22.5 Å². The summed E-state index contributed by atoms with van der Waals surface area (Å²) < 4.78 is 5.60. The van der Waals surface area contributed by atoms with Gasteiger partial charge in [-0.25, -0.2) is 0 Å². The number of nitrogens with one attached hydrogen (secondary N) is 1. The molecule has 2 atom stereocenters. The van der Waals surface area contributed by atoms with Crippen LogP contribution in [0.15, 0.2) is 40.3 Å². The molecule has 3 rings (SSSR count). The van der Waals surface area contributed by atoms with Crippen molar-refractivity contribution < 1.29 is 14.0 Å². The van der Waals surface area contributed by atoms with Gasteiger partial charge in [0.25, 0.3) is 0 Å². The molecule has 1 aliphatic heterocycles. The average Bonchev–Trinajstić information content (AvgIpc) is 3.47. The van der Waals surface area contributed by atoms with Gasteiger partial charge >= 0.3 is 0 Å². The van der Waals surface area contributed by atoms with E-state index < -0.39 is 0 Å². The standard InChI is InChI=1S/C21H29N3O3S/c1-3-23(4-2)18(19-10-6-12-27-19)15-22-21(26)17-9-5-11-24(17)20(25)14-16-8-7-13-28-16/h6-8,10,12-13,17-18H,3-5,9,11,14-15H2,1-2H3,(H,22,26). The SMILES string of the molecule is CCN(CC)C(CNC(=O)C1CCCN1C(=O)Cc1cccs1)c1ccco1. The van der Waals surface area contributed by atoms with Crippen LogP contribution in [0.2, 0.25) is 0 Å². The van der Waals surface area contributed by atoms with Gasteiger partial charge < -0.3 is 14.6 Å². The molecule has 152 valence electrons. The monoisotopic (exact) mass is 403 g/mol. The highest BCUT2D eigenvalue weighted by Gasteiger charge is 2.34. The highest BCUT2D eigenvalue weighted by molar-refractivity contribution is 7.10. The number of hydrogen-bond acceptors (Lipinski definition) is 5. The molecule has 28 heavy (non-hydrogen) atoms. The van der Waals surface area contributed by atoms with E-state index in [9.17, 15) is 9.59 Å². The molecule has 0 spiro atoms. The van der Waals surface area contributed by atoms with Gasteiger partial charge in [-0.2, -0.15) is 0 Å². The third-order valence-electron chi connectivity index (χ3n) is 5.38. The minimum absolute atomic E-state index is 0.00868. The van der Waals surface area contributed by atoms with E-state index in [0.29, 0.717) is 19.5 Å². The van der Waals surface area contributed by atoms with Gasteiger partial charge in [-0.05, 0) is 49.5 Å². The fourth-order valence-electron chi connectivity index (χ4n) is 3.87. The molecule has 2 unspecified atom stereocenters. The zero-order valence-corrected chi connectivity index (χ0v) is 17.4. The second-order valence-electron chi connectivity index (χ2n) is 7.00. The quantitative estimate of drug-likeness (QED) is 0.699. The number of furan rings is 1. The van der Waals surface area contributed by atoms with E-state index in [-0.39, 0.29) is 23.9 Å². The number of carbonyl (C=O) groups is 2. The molecule has 2 amide bonds. The van der Waals surface area contributed by atoms with Crippen molar-refractivity contribution in [2.24, 2.45) is 0 Å². The number of likely N-dealkylation sites (N-methyl/N-ethyl adjacent to an activating group) is 1. The summed E-state index contributed by atoms with van der Waals surface area (Å²) in [6, 6.07) is 7.35. The molecule has 1 N–H and O–H groups in total. The summed E-state index contributed by atoms with van der Waals surface area (Å²) in [6.45, 7) is 7.06. The molecule has 3 heterocycles. The zero-order chi connectivity index (χ0) is 19.9. The van der Waals surface area contributed by atoms with Gasteiger partial charge in [-0.1, -0.05) is 19.9 Å². The molecule has 7 heteroatoms. The van der Waals surface area contributed by atoms with Crippen LogP contribution in [0.5, 0.6) is 0 Å². The molecule has 0 bridgehead atoms. The topological polar surface area (TPSA) is 65.8 Å². The third kappa shape index (κ3) is 4.83. The number of hydrogen-bond donors (Lipinski definition) is 1. The molecular weight excluding hydrogens is 374 g/mol. The minimum Gasteiger partial charge on any atom is -0.468 e. The Balaban J connectivity index is 1.61. The summed E-state index contributed by atoms with van der Waals surface area (Å²) in [5, 5.41) is 5.04. The second-order valence-corrected chi connectivity index (χ2v) is 8.03. The number of rotatable bonds is 9. The molecular formula is C21H29N3O3S. The molecule has 0 aliphatic carbocycles. The molecule has 0 radical (unpaired) electrons. The lowest BCUT2D eigenvalue weighted by Gasteiger charge is -2.29. The van der Waals surface area contributed by atoms with Gasteiger partial charge in [-0.3, -0.25) is 14.5 Å². The summed E-state index contributed by atoms with van der Waals surface area (Å²) in [7, 11) is 0. The summed E-state index contributed by atoms with van der Waals surface area (Å²) >= 11 is 1.58. The number of carbonyl (C=O) groups excluding carboxylic acids is 2. The van der Waals surface area contributed by atoms with Crippen LogP contribution in [-0.2, 0) is 16.0 Å². The Morgan fingerprint density at radius 1 is 1.32 bits per heavy atom. The van der Waals surface area contributed by atoms with Crippen LogP contribution in [0, 0.1) is 0 Å². The van der Waals surface area contributed by atoms with E-state index in [0.717, 1.165) is 36.6 Å². The molecule has 2 aromatic rings. The Kier molecular flexibility index (Phi) is 7.28. The van der Waals surface area contributed by atoms with Crippen molar-refractivity contribution in [3.05, 3.63) is 46.5 Å². The lowest BCUT2D eigenvalue weighted by Crippen LogP contribution is -2.48. The Labute approximate surface area is 170 Å². The third-order valence-corrected chi connectivity index (χ3v) is 6.25. The van der Waals surface area contributed by atoms with Gasteiger partial charge in [-0.15, -0.1) is 11.3 Å². The maximum atomic E-state index is 12.9. The first-order valence-electron chi connectivity index (χ1n) is 10.0. The summed E-state index contributed by atoms with van der Waals surface area (Å²) in [5.41, 5.74) is 0. The van der Waals surface area contributed by atoms with E-state index in [4.69, 9.17) is 4.42 Å². The minimum atomic E-state index is -0.374. The lowest BCUT2D eigenvalue weighted by molar-refractivity contribution is -0.138. The van der Waals surface area contributed by atoms with Crippen molar-refractivity contribution in [2.75, 3.05) is 26.2 Å². The smallest absolute Gasteiger partial charge is 0.242 e. The fourth-order valence-corrected chi connectivity index (χ4v) is 4.57. The van der Waals surface area contributed by atoms with Gasteiger partial charge in [0.15, 0.2) is 0 Å². The Morgan fingerprint density at radius 3 is 2.79 bits per heavy atom. The Hall–Kier alpha value is -2.12. The maximum Gasteiger partial charge on any atom is 0.242 e. The van der Waals surface area contributed by atoms with Crippen LogP contribution >= 0.6 is 11.3 Å². The van der Waals surface area contributed by atoms with Crippen LogP contribution in [-0.4, -0.2) is 53.8 Å².